The van der Waals surface area contributed by atoms with Gasteiger partial charge in [0.05, 0.1) is 11.6 Å². The maximum absolute atomic E-state index is 5.26. The van der Waals surface area contributed by atoms with E-state index in [1.165, 1.54) is 19.3 Å². The third-order valence-corrected chi connectivity index (χ3v) is 3.30. The molecule has 1 saturated heterocycles. The van der Waals surface area contributed by atoms with Gasteiger partial charge in [-0.2, -0.15) is 0 Å². The van der Waals surface area contributed by atoms with Gasteiger partial charge in [0.25, 0.3) is 0 Å². The summed E-state index contributed by atoms with van der Waals surface area (Å²) in [6.07, 6.45) is 5.67. The minimum atomic E-state index is 0.852. The number of rotatable bonds is 2. The van der Waals surface area contributed by atoms with Crippen LogP contribution < -0.4 is 9.64 Å². The lowest BCUT2D eigenvalue weighted by atomic mass is 10.1. The third kappa shape index (κ3) is 2.43. The number of ether oxygens (including phenoxy) is 1. The molecule has 15 heavy (non-hydrogen) atoms. The molecule has 1 aliphatic rings. The van der Waals surface area contributed by atoms with Crippen LogP contribution in [0, 0.1) is 0 Å². The molecule has 4 heteroatoms. The molecule has 0 unspecified atom stereocenters. The van der Waals surface area contributed by atoms with Gasteiger partial charge in [-0.15, -0.1) is 0 Å². The number of hydrogen-bond acceptors (Lipinski definition) is 3. The Morgan fingerprint density at radius 3 is 2.73 bits per heavy atom. The van der Waals surface area contributed by atoms with Gasteiger partial charge in [0.15, 0.2) is 0 Å². The second-order valence-electron chi connectivity index (χ2n) is 3.72. The molecule has 82 valence electrons. The molecule has 0 bridgehead atoms. The summed E-state index contributed by atoms with van der Waals surface area (Å²) in [5.41, 5.74) is 0. The second kappa shape index (κ2) is 4.84. The predicted molar refractivity (Wildman–Crippen MR) is 64.6 cm³/mol. The molecule has 1 fully saturated rings. The van der Waals surface area contributed by atoms with Gasteiger partial charge in [-0.25, -0.2) is 4.98 Å². The van der Waals surface area contributed by atoms with Crippen molar-refractivity contribution in [2.75, 3.05) is 25.1 Å². The van der Waals surface area contributed by atoms with E-state index in [-0.39, 0.29) is 0 Å². The van der Waals surface area contributed by atoms with Crippen molar-refractivity contribution < 1.29 is 4.74 Å². The summed E-state index contributed by atoms with van der Waals surface area (Å²) in [5, 5.41) is 0. The summed E-state index contributed by atoms with van der Waals surface area (Å²) in [5.74, 6) is 1.88. The Hall–Kier alpha value is -0.770. The lowest BCUT2D eigenvalue weighted by Gasteiger charge is -2.27. The zero-order valence-corrected chi connectivity index (χ0v) is 10.5. The molecular formula is C11H15BrN2O. The summed E-state index contributed by atoms with van der Waals surface area (Å²) in [4.78, 5) is 6.73. The Bertz CT molecular complexity index is 337. The maximum Gasteiger partial charge on any atom is 0.138 e. The first kappa shape index (κ1) is 10.7. The quantitative estimate of drug-likeness (QED) is 0.827. The Morgan fingerprint density at radius 2 is 2.07 bits per heavy atom. The van der Waals surface area contributed by atoms with Crippen molar-refractivity contribution in [2.24, 2.45) is 0 Å². The number of pyridine rings is 1. The van der Waals surface area contributed by atoms with E-state index in [0.29, 0.717) is 0 Å². The molecule has 0 radical (unpaired) electrons. The average Bonchev–Trinajstić information content (AvgIpc) is 2.31. The minimum absolute atomic E-state index is 0.852. The fourth-order valence-corrected chi connectivity index (χ4v) is 2.24. The monoisotopic (exact) mass is 270 g/mol. The van der Waals surface area contributed by atoms with Crippen LogP contribution in [0.1, 0.15) is 19.3 Å². The highest BCUT2D eigenvalue weighted by Crippen LogP contribution is 2.28. The standard InChI is InChI=1S/C11H15BrN2O/c1-15-10-7-11(13-8-9(10)12)14-5-3-2-4-6-14/h7-8H,2-6H2,1H3. The number of piperidine rings is 1. The van der Waals surface area contributed by atoms with E-state index in [2.05, 4.69) is 25.8 Å². The van der Waals surface area contributed by atoms with Crippen molar-refractivity contribution in [1.29, 1.82) is 0 Å². The van der Waals surface area contributed by atoms with E-state index in [1.54, 1.807) is 7.11 Å². The van der Waals surface area contributed by atoms with Crippen LogP contribution in [0.3, 0.4) is 0 Å². The Morgan fingerprint density at radius 1 is 1.33 bits per heavy atom. The van der Waals surface area contributed by atoms with Crippen LogP contribution >= 0.6 is 15.9 Å². The van der Waals surface area contributed by atoms with Gasteiger partial charge >= 0.3 is 0 Å². The van der Waals surface area contributed by atoms with Crippen LogP contribution in [0.5, 0.6) is 5.75 Å². The highest BCUT2D eigenvalue weighted by atomic mass is 79.9. The number of methoxy groups -OCH3 is 1. The van der Waals surface area contributed by atoms with Crippen molar-refractivity contribution in [3.05, 3.63) is 16.7 Å². The predicted octanol–water partition coefficient (Wildman–Crippen LogP) is 2.84. The lowest BCUT2D eigenvalue weighted by Crippen LogP contribution is -2.30. The van der Waals surface area contributed by atoms with Crippen molar-refractivity contribution in [3.8, 4) is 5.75 Å². The number of anilines is 1. The highest BCUT2D eigenvalue weighted by Gasteiger charge is 2.13. The lowest BCUT2D eigenvalue weighted by molar-refractivity contribution is 0.411. The molecule has 0 aliphatic carbocycles. The van der Waals surface area contributed by atoms with E-state index in [9.17, 15) is 0 Å². The SMILES string of the molecule is COc1cc(N2CCCCC2)ncc1Br. The van der Waals surface area contributed by atoms with Gasteiger partial charge in [-0.05, 0) is 35.2 Å². The van der Waals surface area contributed by atoms with Crippen molar-refractivity contribution in [2.45, 2.75) is 19.3 Å². The Balaban J connectivity index is 2.20. The molecule has 0 spiro atoms. The molecule has 3 nitrogen and oxygen atoms in total. The number of nitrogens with zero attached hydrogens (tertiary/aromatic N) is 2. The van der Waals surface area contributed by atoms with Gasteiger partial charge in [0, 0.05) is 25.4 Å². The van der Waals surface area contributed by atoms with E-state index in [4.69, 9.17) is 4.74 Å². The van der Waals surface area contributed by atoms with Gasteiger partial charge in [0.2, 0.25) is 0 Å². The van der Waals surface area contributed by atoms with E-state index < -0.39 is 0 Å². The fourth-order valence-electron chi connectivity index (χ4n) is 1.86. The molecule has 0 amide bonds. The normalized spacial score (nSPS) is 16.5. The minimum Gasteiger partial charge on any atom is -0.495 e. The number of halogens is 1. The molecule has 0 saturated carbocycles. The van der Waals surface area contributed by atoms with E-state index in [0.717, 1.165) is 29.1 Å². The molecule has 1 aliphatic heterocycles. The van der Waals surface area contributed by atoms with Gasteiger partial charge in [-0.1, -0.05) is 0 Å². The molecule has 0 N–H and O–H groups in total. The number of aromatic nitrogens is 1. The molecule has 0 atom stereocenters. The fraction of sp³-hybridized carbons (Fsp3) is 0.545. The average molecular weight is 271 g/mol. The van der Waals surface area contributed by atoms with Gasteiger partial charge in [-0.3, -0.25) is 0 Å². The smallest absolute Gasteiger partial charge is 0.138 e. The van der Waals surface area contributed by atoms with Crippen LogP contribution in [0.15, 0.2) is 16.7 Å². The summed E-state index contributed by atoms with van der Waals surface area (Å²) in [6.45, 7) is 2.22. The summed E-state index contributed by atoms with van der Waals surface area (Å²) < 4.78 is 6.17. The van der Waals surface area contributed by atoms with Gasteiger partial charge in [0.1, 0.15) is 11.6 Å². The highest BCUT2D eigenvalue weighted by molar-refractivity contribution is 9.10. The topological polar surface area (TPSA) is 25.4 Å². The number of hydrogen-bond donors (Lipinski definition) is 0. The largest absolute Gasteiger partial charge is 0.495 e. The first-order valence-electron chi connectivity index (χ1n) is 5.26. The third-order valence-electron chi connectivity index (χ3n) is 2.71. The summed E-state index contributed by atoms with van der Waals surface area (Å²) >= 11 is 3.41. The van der Waals surface area contributed by atoms with Crippen molar-refractivity contribution in [1.82, 2.24) is 4.98 Å². The van der Waals surface area contributed by atoms with Gasteiger partial charge < -0.3 is 9.64 Å². The molecule has 2 heterocycles. The zero-order valence-electron chi connectivity index (χ0n) is 8.87. The molecule has 2 rings (SSSR count). The van der Waals surface area contributed by atoms with Crippen molar-refractivity contribution >= 4 is 21.7 Å². The second-order valence-corrected chi connectivity index (χ2v) is 4.58. The van der Waals surface area contributed by atoms with Crippen LogP contribution in [0.25, 0.3) is 0 Å². The molecule has 1 aromatic rings. The first-order chi connectivity index (χ1) is 7.31. The van der Waals surface area contributed by atoms with Crippen LogP contribution in [0.4, 0.5) is 5.82 Å². The molecular weight excluding hydrogens is 256 g/mol. The Labute approximate surface area is 98.6 Å². The van der Waals surface area contributed by atoms with Crippen molar-refractivity contribution in [3.63, 3.8) is 0 Å². The Kier molecular flexibility index (Phi) is 3.46. The molecule has 1 aromatic heterocycles. The van der Waals surface area contributed by atoms with Crippen LogP contribution in [0.2, 0.25) is 0 Å². The van der Waals surface area contributed by atoms with E-state index in [1.807, 2.05) is 12.3 Å². The summed E-state index contributed by atoms with van der Waals surface area (Å²) in [6, 6.07) is 2.00. The molecule has 0 aromatic carbocycles. The summed E-state index contributed by atoms with van der Waals surface area (Å²) in [7, 11) is 1.68. The van der Waals surface area contributed by atoms with Crippen LogP contribution in [-0.4, -0.2) is 25.2 Å². The zero-order chi connectivity index (χ0) is 10.7. The van der Waals surface area contributed by atoms with Crippen LogP contribution in [-0.2, 0) is 0 Å². The first-order valence-corrected chi connectivity index (χ1v) is 6.05. The maximum atomic E-state index is 5.26. The van der Waals surface area contributed by atoms with E-state index >= 15 is 0 Å².